The van der Waals surface area contributed by atoms with Gasteiger partial charge >= 0.3 is 0 Å². The van der Waals surface area contributed by atoms with Crippen LogP contribution in [0.25, 0.3) is 0 Å². The van der Waals surface area contributed by atoms with Crippen molar-refractivity contribution < 1.29 is 9.53 Å². The largest absolute Gasteiger partial charge is 0.381 e. The number of hydrogen-bond donors (Lipinski definition) is 2. The fourth-order valence-electron chi connectivity index (χ4n) is 6.36. The Morgan fingerprint density at radius 1 is 1.03 bits per heavy atom. The Kier molecular flexibility index (Phi) is 9.55. The zero-order valence-electron chi connectivity index (χ0n) is 23.5. The second-order valence-corrected chi connectivity index (χ2v) is 11.4. The number of ether oxygens (including phenoxy) is 1. The van der Waals surface area contributed by atoms with Gasteiger partial charge in [-0.05, 0) is 103 Å². The van der Waals surface area contributed by atoms with Gasteiger partial charge in [0.1, 0.15) is 0 Å². The van der Waals surface area contributed by atoms with Gasteiger partial charge in [0.05, 0.1) is 0 Å². The Hall–Kier alpha value is -2.35. The van der Waals surface area contributed by atoms with Crippen LogP contribution in [0.4, 0.5) is 5.69 Å². The summed E-state index contributed by atoms with van der Waals surface area (Å²) in [5.41, 5.74) is 4.58. The molecule has 2 N–H and O–H groups in total. The summed E-state index contributed by atoms with van der Waals surface area (Å²) in [7, 11) is 2.29. The number of halogens is 1. The molecule has 208 valence electrons. The number of aromatic amines is 1. The number of hydrogen-bond acceptors (Lipinski definition) is 5. The lowest BCUT2D eigenvalue weighted by molar-refractivity contribution is 0.0209. The summed E-state index contributed by atoms with van der Waals surface area (Å²) in [6.45, 7) is 10.7. The van der Waals surface area contributed by atoms with Crippen molar-refractivity contribution in [2.45, 2.75) is 90.9 Å². The predicted molar refractivity (Wildman–Crippen MR) is 155 cm³/mol. The normalized spacial score (nSPS) is 20.5. The number of aromatic nitrogens is 1. The molecular weight excluding hydrogens is 500 g/mol. The predicted octanol–water partition coefficient (Wildman–Crippen LogP) is 5.13. The lowest BCUT2D eigenvalue weighted by atomic mass is 9.87. The molecule has 38 heavy (non-hydrogen) atoms. The second kappa shape index (κ2) is 12.7. The minimum absolute atomic E-state index is 0.165. The van der Waals surface area contributed by atoms with Crippen LogP contribution in [0.3, 0.4) is 0 Å². The van der Waals surface area contributed by atoms with E-state index in [0.29, 0.717) is 34.3 Å². The number of carbonyl (C=O) groups excluding carboxylic acids is 1. The van der Waals surface area contributed by atoms with Crippen molar-refractivity contribution in [3.05, 3.63) is 61.5 Å². The van der Waals surface area contributed by atoms with Gasteiger partial charge in [0.2, 0.25) is 0 Å². The molecule has 8 heteroatoms. The average molecular weight is 543 g/mol. The van der Waals surface area contributed by atoms with Crippen LogP contribution < -0.4 is 15.8 Å². The van der Waals surface area contributed by atoms with E-state index in [1.165, 1.54) is 12.8 Å². The highest BCUT2D eigenvalue weighted by Gasteiger charge is 2.31. The fraction of sp³-hybridized carbons (Fsp3) is 0.600. The Morgan fingerprint density at radius 2 is 1.66 bits per heavy atom. The Balaban J connectivity index is 1.46. The van der Waals surface area contributed by atoms with Crippen LogP contribution in [0.2, 0.25) is 5.02 Å². The molecule has 2 fully saturated rings. The van der Waals surface area contributed by atoms with Crippen LogP contribution in [0.5, 0.6) is 0 Å². The number of anilines is 1. The molecule has 1 aliphatic heterocycles. The van der Waals surface area contributed by atoms with Crippen molar-refractivity contribution >= 4 is 23.2 Å². The second-order valence-electron chi connectivity index (χ2n) is 11.0. The van der Waals surface area contributed by atoms with Crippen molar-refractivity contribution in [3.63, 3.8) is 0 Å². The number of aryl methyl sites for hydroxylation is 2. The SMILES string of the molecule is CCN(c1cc(Cl)cc(C(=O)NCc2c(C)cc(C)[nH]c2=O)c1C)[C@H]1CC[C@H](N(C)C2CCOCC2)CC1. The zero-order chi connectivity index (χ0) is 27.4. The smallest absolute Gasteiger partial charge is 0.253 e. The van der Waals surface area contributed by atoms with Crippen LogP contribution in [-0.2, 0) is 11.3 Å². The molecule has 2 aromatic rings. The van der Waals surface area contributed by atoms with Gasteiger partial charge in [-0.1, -0.05) is 11.6 Å². The van der Waals surface area contributed by atoms with Crippen molar-refractivity contribution in [2.24, 2.45) is 0 Å². The lowest BCUT2D eigenvalue weighted by Gasteiger charge is -2.43. The Bertz CT molecular complexity index is 1180. The van der Waals surface area contributed by atoms with Gasteiger partial charge in [0.25, 0.3) is 11.5 Å². The summed E-state index contributed by atoms with van der Waals surface area (Å²) in [5.74, 6) is -0.219. The van der Waals surface area contributed by atoms with E-state index in [-0.39, 0.29) is 18.0 Å². The molecule has 4 rings (SSSR count). The number of nitrogens with zero attached hydrogens (tertiary/aromatic N) is 2. The van der Waals surface area contributed by atoms with E-state index in [1.54, 1.807) is 6.07 Å². The first kappa shape index (κ1) is 28.7. The minimum atomic E-state index is -0.219. The quantitative estimate of drug-likeness (QED) is 0.483. The van der Waals surface area contributed by atoms with E-state index in [1.807, 2.05) is 32.9 Å². The first-order valence-corrected chi connectivity index (χ1v) is 14.4. The monoisotopic (exact) mass is 542 g/mol. The number of H-pyrrole nitrogens is 1. The van der Waals surface area contributed by atoms with Crippen LogP contribution in [-0.4, -0.2) is 60.7 Å². The molecule has 1 aliphatic carbocycles. The first-order chi connectivity index (χ1) is 18.2. The third-order valence-corrected chi connectivity index (χ3v) is 8.83. The fourth-order valence-corrected chi connectivity index (χ4v) is 6.57. The molecule has 2 heterocycles. The zero-order valence-corrected chi connectivity index (χ0v) is 24.3. The van der Waals surface area contributed by atoms with Gasteiger partial charge in [-0.15, -0.1) is 0 Å². The van der Waals surface area contributed by atoms with Crippen LogP contribution in [0.1, 0.15) is 78.2 Å². The average Bonchev–Trinajstić information content (AvgIpc) is 2.90. The number of nitrogens with one attached hydrogen (secondary N) is 2. The van der Waals surface area contributed by atoms with Gasteiger partial charge in [0, 0.05) is 72.0 Å². The summed E-state index contributed by atoms with van der Waals surface area (Å²) in [6.07, 6.45) is 6.84. The van der Waals surface area contributed by atoms with Crippen molar-refractivity contribution in [3.8, 4) is 0 Å². The van der Waals surface area contributed by atoms with E-state index < -0.39 is 0 Å². The van der Waals surface area contributed by atoms with Crippen molar-refractivity contribution in [1.29, 1.82) is 0 Å². The maximum atomic E-state index is 13.3. The summed E-state index contributed by atoms with van der Waals surface area (Å²) in [4.78, 5) is 33.5. The van der Waals surface area contributed by atoms with Gasteiger partial charge < -0.3 is 24.8 Å². The van der Waals surface area contributed by atoms with Gasteiger partial charge in [0.15, 0.2) is 0 Å². The van der Waals surface area contributed by atoms with E-state index in [9.17, 15) is 9.59 Å². The molecule has 1 amide bonds. The number of pyridine rings is 1. The van der Waals surface area contributed by atoms with E-state index >= 15 is 0 Å². The molecule has 1 aromatic carbocycles. The highest BCUT2D eigenvalue weighted by atomic mass is 35.5. The highest BCUT2D eigenvalue weighted by Crippen LogP contribution is 2.35. The third-order valence-electron chi connectivity index (χ3n) is 8.61. The molecule has 2 aliphatic rings. The summed E-state index contributed by atoms with van der Waals surface area (Å²) in [6, 6.07) is 7.30. The maximum Gasteiger partial charge on any atom is 0.253 e. The van der Waals surface area contributed by atoms with Crippen LogP contribution in [0, 0.1) is 20.8 Å². The molecule has 0 atom stereocenters. The molecule has 0 spiro atoms. The Morgan fingerprint density at radius 3 is 2.29 bits per heavy atom. The van der Waals surface area contributed by atoms with E-state index in [0.717, 1.165) is 68.0 Å². The van der Waals surface area contributed by atoms with E-state index in [4.69, 9.17) is 16.3 Å². The van der Waals surface area contributed by atoms with Crippen molar-refractivity contribution in [1.82, 2.24) is 15.2 Å². The number of carbonyl (C=O) groups is 1. The molecule has 0 radical (unpaired) electrons. The molecule has 7 nitrogen and oxygen atoms in total. The third kappa shape index (κ3) is 6.44. The summed E-state index contributed by atoms with van der Waals surface area (Å²) >= 11 is 6.56. The van der Waals surface area contributed by atoms with Crippen LogP contribution >= 0.6 is 11.6 Å². The van der Waals surface area contributed by atoms with E-state index in [2.05, 4.69) is 34.1 Å². The maximum absolute atomic E-state index is 13.3. The standard InChI is InChI=1S/C30H43ClN4O3/c1-6-35(25-9-7-23(8-10-25)34(5)24-11-13-38-14-12-24)28-17-22(31)16-26(21(28)4)29(36)32-18-27-19(2)15-20(3)33-30(27)37/h15-17,23-25H,6-14,18H2,1-5H3,(H,32,36)(H,33,37)/t23-,25-. The van der Waals surface area contributed by atoms with Gasteiger partial charge in [-0.2, -0.15) is 0 Å². The molecule has 1 aromatic heterocycles. The van der Waals surface area contributed by atoms with Crippen molar-refractivity contribution in [2.75, 3.05) is 31.7 Å². The summed E-state index contributed by atoms with van der Waals surface area (Å²) < 4.78 is 5.56. The highest BCUT2D eigenvalue weighted by molar-refractivity contribution is 6.31. The topological polar surface area (TPSA) is 77.7 Å². The molecule has 0 bridgehead atoms. The number of rotatable bonds is 8. The molecule has 1 saturated heterocycles. The lowest BCUT2D eigenvalue weighted by Crippen LogP contribution is -2.47. The molecule has 1 saturated carbocycles. The molecular formula is C30H43ClN4O3. The van der Waals surface area contributed by atoms with Gasteiger partial charge in [-0.25, -0.2) is 0 Å². The molecule has 0 unspecified atom stereocenters. The van der Waals surface area contributed by atoms with Gasteiger partial charge in [-0.3, -0.25) is 9.59 Å². The summed E-state index contributed by atoms with van der Waals surface area (Å²) in [5, 5.41) is 3.49. The minimum Gasteiger partial charge on any atom is -0.381 e. The Labute approximate surface area is 231 Å². The first-order valence-electron chi connectivity index (χ1n) is 14.0. The van der Waals surface area contributed by atoms with Crippen LogP contribution in [0.15, 0.2) is 23.0 Å². The number of benzene rings is 1. The number of amides is 1.